The van der Waals surface area contributed by atoms with Gasteiger partial charge in [-0.3, -0.25) is 4.79 Å². The largest absolute Gasteiger partial charge is 0.481 e. The van der Waals surface area contributed by atoms with Gasteiger partial charge in [0.1, 0.15) is 11.5 Å². The van der Waals surface area contributed by atoms with Gasteiger partial charge in [0.15, 0.2) is 0 Å². The van der Waals surface area contributed by atoms with Crippen molar-refractivity contribution in [1.29, 1.82) is 0 Å². The highest BCUT2D eigenvalue weighted by molar-refractivity contribution is 5.67. The van der Waals surface area contributed by atoms with E-state index in [1.807, 2.05) is 0 Å². The predicted molar refractivity (Wildman–Crippen MR) is 42.6 cm³/mol. The lowest BCUT2D eigenvalue weighted by molar-refractivity contribution is -0.137. The van der Waals surface area contributed by atoms with Crippen molar-refractivity contribution >= 4 is 5.97 Å². The number of rotatable bonds is 3. The van der Waals surface area contributed by atoms with Gasteiger partial charge < -0.3 is 15.3 Å². The summed E-state index contributed by atoms with van der Waals surface area (Å²) in [5.41, 5.74) is 5.53. The van der Waals surface area contributed by atoms with Gasteiger partial charge in [0, 0.05) is 0 Å². The number of carbonyl (C=O) groups is 1. The lowest BCUT2D eigenvalue weighted by Gasteiger charge is -2.03. The molecule has 3 N–H and O–H groups in total. The first-order chi connectivity index (χ1) is 5.59. The SMILES string of the molecule is Cc1ccc([C@@H](N)CC(=O)O)o1. The maximum Gasteiger partial charge on any atom is 0.305 e. The monoisotopic (exact) mass is 169 g/mol. The number of hydrogen-bond acceptors (Lipinski definition) is 3. The zero-order valence-corrected chi connectivity index (χ0v) is 6.78. The molecule has 1 aromatic rings. The summed E-state index contributed by atoms with van der Waals surface area (Å²) < 4.78 is 5.16. The second-order valence-corrected chi connectivity index (χ2v) is 2.65. The average molecular weight is 169 g/mol. The van der Waals surface area contributed by atoms with Crippen LogP contribution in [0.2, 0.25) is 0 Å². The van der Waals surface area contributed by atoms with Crippen LogP contribution in [0.15, 0.2) is 16.5 Å². The van der Waals surface area contributed by atoms with E-state index in [1.165, 1.54) is 0 Å². The van der Waals surface area contributed by atoms with Crippen LogP contribution in [0.5, 0.6) is 0 Å². The molecule has 0 unspecified atom stereocenters. The van der Waals surface area contributed by atoms with Crippen LogP contribution >= 0.6 is 0 Å². The van der Waals surface area contributed by atoms with Gasteiger partial charge in [0.25, 0.3) is 0 Å². The predicted octanol–water partition coefficient (Wildman–Crippen LogP) is 1.06. The van der Waals surface area contributed by atoms with Crippen LogP contribution in [-0.2, 0) is 4.79 Å². The number of hydrogen-bond donors (Lipinski definition) is 2. The molecule has 0 aromatic carbocycles. The zero-order chi connectivity index (χ0) is 9.14. The van der Waals surface area contributed by atoms with Crippen molar-refractivity contribution in [2.24, 2.45) is 5.73 Å². The van der Waals surface area contributed by atoms with Crippen molar-refractivity contribution in [2.45, 2.75) is 19.4 Å². The lowest BCUT2D eigenvalue weighted by atomic mass is 10.2. The molecule has 0 spiro atoms. The number of aliphatic carboxylic acids is 1. The van der Waals surface area contributed by atoms with Crippen LogP contribution in [0.1, 0.15) is 24.0 Å². The van der Waals surface area contributed by atoms with Gasteiger partial charge >= 0.3 is 5.97 Å². The molecule has 1 heterocycles. The van der Waals surface area contributed by atoms with Gasteiger partial charge in [-0.05, 0) is 19.1 Å². The van der Waals surface area contributed by atoms with Gasteiger partial charge in [-0.25, -0.2) is 0 Å². The Balaban J connectivity index is 2.64. The van der Waals surface area contributed by atoms with Crippen LogP contribution in [0.3, 0.4) is 0 Å². The highest BCUT2D eigenvalue weighted by Crippen LogP contribution is 2.16. The fourth-order valence-electron chi connectivity index (χ4n) is 0.941. The Morgan fingerprint density at radius 3 is 2.83 bits per heavy atom. The van der Waals surface area contributed by atoms with E-state index in [2.05, 4.69) is 0 Å². The lowest BCUT2D eigenvalue weighted by Crippen LogP contribution is -2.14. The molecule has 66 valence electrons. The fourth-order valence-corrected chi connectivity index (χ4v) is 0.941. The summed E-state index contributed by atoms with van der Waals surface area (Å²) in [5.74, 6) is 0.345. The summed E-state index contributed by atoms with van der Waals surface area (Å²) in [6, 6.07) is 2.91. The molecule has 0 aliphatic carbocycles. The molecule has 0 saturated carbocycles. The van der Waals surface area contributed by atoms with Crippen molar-refractivity contribution in [3.8, 4) is 0 Å². The maximum atomic E-state index is 10.3. The molecule has 0 saturated heterocycles. The topological polar surface area (TPSA) is 76.5 Å². The minimum absolute atomic E-state index is 0.104. The van der Waals surface area contributed by atoms with Crippen molar-refractivity contribution in [2.75, 3.05) is 0 Å². The Labute approximate surface area is 70.0 Å². The highest BCUT2D eigenvalue weighted by Gasteiger charge is 2.13. The molecule has 0 amide bonds. The van der Waals surface area contributed by atoms with Crippen molar-refractivity contribution in [1.82, 2.24) is 0 Å². The van der Waals surface area contributed by atoms with E-state index in [0.717, 1.165) is 5.76 Å². The van der Waals surface area contributed by atoms with Crippen LogP contribution in [0.25, 0.3) is 0 Å². The minimum atomic E-state index is -0.920. The zero-order valence-electron chi connectivity index (χ0n) is 6.78. The molecule has 0 aliphatic heterocycles. The molecule has 12 heavy (non-hydrogen) atoms. The minimum Gasteiger partial charge on any atom is -0.481 e. The Morgan fingerprint density at radius 2 is 2.42 bits per heavy atom. The van der Waals surface area contributed by atoms with E-state index in [-0.39, 0.29) is 6.42 Å². The van der Waals surface area contributed by atoms with Crippen LogP contribution in [-0.4, -0.2) is 11.1 Å². The Kier molecular flexibility index (Phi) is 2.50. The molecule has 4 heteroatoms. The Hall–Kier alpha value is -1.29. The van der Waals surface area contributed by atoms with Crippen molar-refractivity contribution in [3.05, 3.63) is 23.7 Å². The van der Waals surface area contributed by atoms with Crippen LogP contribution in [0, 0.1) is 6.92 Å². The molecular formula is C8H11NO3. The van der Waals surface area contributed by atoms with Gasteiger partial charge in [-0.15, -0.1) is 0 Å². The number of carboxylic acid groups (broad SMARTS) is 1. The second kappa shape index (κ2) is 3.40. The van der Waals surface area contributed by atoms with Gasteiger partial charge in [0.05, 0.1) is 12.5 Å². The van der Waals surface area contributed by atoms with Gasteiger partial charge in [-0.1, -0.05) is 0 Å². The summed E-state index contributed by atoms with van der Waals surface area (Å²) in [5, 5.41) is 8.43. The normalized spacial score (nSPS) is 12.8. The summed E-state index contributed by atoms with van der Waals surface area (Å²) >= 11 is 0. The maximum absolute atomic E-state index is 10.3. The summed E-state index contributed by atoms with van der Waals surface area (Å²) in [7, 11) is 0. The smallest absolute Gasteiger partial charge is 0.305 e. The highest BCUT2D eigenvalue weighted by atomic mass is 16.4. The summed E-state index contributed by atoms with van der Waals surface area (Å²) in [6.07, 6.45) is -0.104. The van der Waals surface area contributed by atoms with Crippen LogP contribution < -0.4 is 5.73 Å². The summed E-state index contributed by atoms with van der Waals surface area (Å²) in [4.78, 5) is 10.3. The first kappa shape index (κ1) is 8.80. The molecule has 0 aliphatic rings. The number of carboxylic acids is 1. The number of furan rings is 1. The number of nitrogens with two attached hydrogens (primary N) is 1. The third kappa shape index (κ3) is 2.10. The molecule has 1 aromatic heterocycles. The van der Waals surface area contributed by atoms with Crippen molar-refractivity contribution < 1.29 is 14.3 Å². The van der Waals surface area contributed by atoms with E-state index in [0.29, 0.717) is 5.76 Å². The number of aryl methyl sites for hydroxylation is 1. The molecule has 1 rings (SSSR count). The van der Waals surface area contributed by atoms with E-state index in [4.69, 9.17) is 15.3 Å². The van der Waals surface area contributed by atoms with Gasteiger partial charge in [0.2, 0.25) is 0 Å². The first-order valence-corrected chi connectivity index (χ1v) is 3.63. The third-order valence-corrected chi connectivity index (χ3v) is 1.52. The standard InChI is InChI=1S/C8H11NO3/c1-5-2-3-7(12-5)6(9)4-8(10)11/h2-3,6H,4,9H2,1H3,(H,10,11)/t6-/m0/s1. The average Bonchev–Trinajstić information content (AvgIpc) is 2.34. The van der Waals surface area contributed by atoms with E-state index < -0.39 is 12.0 Å². The molecule has 1 atom stereocenters. The third-order valence-electron chi connectivity index (χ3n) is 1.52. The molecular weight excluding hydrogens is 158 g/mol. The molecule has 0 bridgehead atoms. The quantitative estimate of drug-likeness (QED) is 0.709. The first-order valence-electron chi connectivity index (χ1n) is 3.63. The van der Waals surface area contributed by atoms with Crippen LogP contribution in [0.4, 0.5) is 0 Å². The Morgan fingerprint density at radius 1 is 1.75 bits per heavy atom. The second-order valence-electron chi connectivity index (χ2n) is 2.65. The fraction of sp³-hybridized carbons (Fsp3) is 0.375. The van der Waals surface area contributed by atoms with Gasteiger partial charge in [-0.2, -0.15) is 0 Å². The van der Waals surface area contributed by atoms with Crippen molar-refractivity contribution in [3.63, 3.8) is 0 Å². The molecule has 0 fully saturated rings. The van der Waals surface area contributed by atoms with E-state index >= 15 is 0 Å². The van der Waals surface area contributed by atoms with E-state index in [9.17, 15) is 4.79 Å². The molecule has 4 nitrogen and oxygen atoms in total. The summed E-state index contributed by atoms with van der Waals surface area (Å²) in [6.45, 7) is 1.79. The molecule has 0 radical (unpaired) electrons. The van der Waals surface area contributed by atoms with E-state index in [1.54, 1.807) is 19.1 Å². The Bertz CT molecular complexity index is 280.